The maximum atomic E-state index is 11.6. The Kier molecular flexibility index (Phi) is 4.36. The van der Waals surface area contributed by atoms with Crippen LogP contribution in [0.15, 0.2) is 18.3 Å². The molecule has 7 heteroatoms. The van der Waals surface area contributed by atoms with Crippen molar-refractivity contribution in [2.75, 3.05) is 25.1 Å². The standard InChI is InChI=1S/C15H15Cl2N3O2/c1-22-15(21)9-2-4-20(5-3-9)14-8-18-12-6-10(16)11(17)7-13(12)19-14/h6-9H,2-5H2,1H3. The molecule has 0 spiro atoms. The van der Waals surface area contributed by atoms with E-state index in [1.54, 1.807) is 18.3 Å². The van der Waals surface area contributed by atoms with Gasteiger partial charge in [-0.15, -0.1) is 0 Å². The summed E-state index contributed by atoms with van der Waals surface area (Å²) in [5, 5.41) is 0.931. The summed E-state index contributed by atoms with van der Waals surface area (Å²) in [5.74, 6) is 0.628. The number of esters is 1. The van der Waals surface area contributed by atoms with Crippen molar-refractivity contribution < 1.29 is 9.53 Å². The minimum atomic E-state index is -0.134. The van der Waals surface area contributed by atoms with Gasteiger partial charge >= 0.3 is 5.97 Å². The first-order chi connectivity index (χ1) is 10.6. The molecule has 22 heavy (non-hydrogen) atoms. The third-order valence-electron chi connectivity index (χ3n) is 3.93. The predicted octanol–water partition coefficient (Wildman–Crippen LogP) is 3.33. The highest BCUT2D eigenvalue weighted by Gasteiger charge is 2.26. The maximum Gasteiger partial charge on any atom is 0.308 e. The van der Waals surface area contributed by atoms with Gasteiger partial charge in [0.25, 0.3) is 0 Å². The molecule has 1 aliphatic heterocycles. The van der Waals surface area contributed by atoms with E-state index in [0.29, 0.717) is 21.1 Å². The third kappa shape index (κ3) is 2.96. The second-order valence-electron chi connectivity index (χ2n) is 5.27. The molecule has 0 aliphatic carbocycles. The summed E-state index contributed by atoms with van der Waals surface area (Å²) in [7, 11) is 1.43. The minimum absolute atomic E-state index is 0.0251. The van der Waals surface area contributed by atoms with Crippen molar-refractivity contribution in [1.82, 2.24) is 9.97 Å². The number of nitrogens with zero attached hydrogens (tertiary/aromatic N) is 3. The van der Waals surface area contributed by atoms with Gasteiger partial charge in [0.2, 0.25) is 0 Å². The van der Waals surface area contributed by atoms with Crippen LogP contribution >= 0.6 is 23.2 Å². The highest BCUT2D eigenvalue weighted by Crippen LogP contribution is 2.28. The first-order valence-corrected chi connectivity index (χ1v) is 7.78. The van der Waals surface area contributed by atoms with Crippen LogP contribution in [0.4, 0.5) is 5.82 Å². The van der Waals surface area contributed by atoms with Crippen LogP contribution in [0.25, 0.3) is 11.0 Å². The SMILES string of the molecule is COC(=O)C1CCN(c2cnc3cc(Cl)c(Cl)cc3n2)CC1. The Hall–Kier alpha value is -1.59. The largest absolute Gasteiger partial charge is 0.469 e. The average molecular weight is 340 g/mol. The summed E-state index contributed by atoms with van der Waals surface area (Å²) >= 11 is 12.0. The number of hydrogen-bond acceptors (Lipinski definition) is 5. The highest BCUT2D eigenvalue weighted by molar-refractivity contribution is 6.42. The van der Waals surface area contributed by atoms with Crippen LogP contribution in [-0.2, 0) is 9.53 Å². The molecule has 5 nitrogen and oxygen atoms in total. The molecule has 0 bridgehead atoms. The molecule has 1 saturated heterocycles. The Labute approximate surface area is 138 Å². The molecule has 1 aromatic heterocycles. The lowest BCUT2D eigenvalue weighted by atomic mass is 9.97. The minimum Gasteiger partial charge on any atom is -0.469 e. The molecule has 2 heterocycles. The van der Waals surface area contributed by atoms with Gasteiger partial charge in [0.05, 0.1) is 40.3 Å². The van der Waals surface area contributed by atoms with Gasteiger partial charge in [0.15, 0.2) is 0 Å². The molecular weight excluding hydrogens is 325 g/mol. The van der Waals surface area contributed by atoms with Crippen molar-refractivity contribution in [1.29, 1.82) is 0 Å². The molecule has 0 atom stereocenters. The molecule has 1 aliphatic rings. The van der Waals surface area contributed by atoms with E-state index in [4.69, 9.17) is 27.9 Å². The predicted molar refractivity (Wildman–Crippen MR) is 86.5 cm³/mol. The first-order valence-electron chi connectivity index (χ1n) is 7.03. The van der Waals surface area contributed by atoms with Crippen molar-refractivity contribution in [2.24, 2.45) is 5.92 Å². The molecule has 0 radical (unpaired) electrons. The molecule has 0 N–H and O–H groups in total. The Morgan fingerprint density at radius 2 is 1.86 bits per heavy atom. The Balaban J connectivity index is 1.80. The van der Waals surface area contributed by atoms with E-state index in [-0.39, 0.29) is 11.9 Å². The fourth-order valence-corrected chi connectivity index (χ4v) is 2.98. The lowest BCUT2D eigenvalue weighted by molar-refractivity contribution is -0.146. The molecular formula is C15H15Cl2N3O2. The van der Waals surface area contributed by atoms with Gasteiger partial charge in [-0.25, -0.2) is 4.98 Å². The number of ether oxygens (including phenoxy) is 1. The summed E-state index contributed by atoms with van der Waals surface area (Å²) < 4.78 is 4.80. The third-order valence-corrected chi connectivity index (χ3v) is 4.65. The molecule has 3 rings (SSSR count). The monoisotopic (exact) mass is 339 g/mol. The number of methoxy groups -OCH3 is 1. The van der Waals surface area contributed by atoms with Crippen LogP contribution in [0.3, 0.4) is 0 Å². The summed E-state index contributed by atoms with van der Waals surface area (Å²) in [6, 6.07) is 3.43. The van der Waals surface area contributed by atoms with E-state index in [1.165, 1.54) is 7.11 Å². The number of piperidine rings is 1. The van der Waals surface area contributed by atoms with E-state index in [0.717, 1.165) is 31.7 Å². The molecule has 0 amide bonds. The van der Waals surface area contributed by atoms with Crippen molar-refractivity contribution in [3.05, 3.63) is 28.4 Å². The van der Waals surface area contributed by atoms with Gasteiger partial charge in [0, 0.05) is 13.1 Å². The Morgan fingerprint density at radius 1 is 1.23 bits per heavy atom. The van der Waals surface area contributed by atoms with Crippen LogP contribution in [-0.4, -0.2) is 36.1 Å². The van der Waals surface area contributed by atoms with Crippen molar-refractivity contribution in [2.45, 2.75) is 12.8 Å². The summed E-state index contributed by atoms with van der Waals surface area (Å²) in [4.78, 5) is 22.7. The molecule has 1 fully saturated rings. The first kappa shape index (κ1) is 15.3. The molecule has 0 unspecified atom stereocenters. The number of halogens is 2. The van der Waals surface area contributed by atoms with Crippen LogP contribution in [0.1, 0.15) is 12.8 Å². The lowest BCUT2D eigenvalue weighted by Gasteiger charge is -2.31. The van der Waals surface area contributed by atoms with E-state index in [9.17, 15) is 4.79 Å². The van der Waals surface area contributed by atoms with Crippen molar-refractivity contribution in [3.8, 4) is 0 Å². The zero-order valence-electron chi connectivity index (χ0n) is 12.1. The van der Waals surface area contributed by atoms with Crippen LogP contribution < -0.4 is 4.90 Å². The quantitative estimate of drug-likeness (QED) is 0.785. The number of anilines is 1. The van der Waals surface area contributed by atoms with E-state index >= 15 is 0 Å². The van der Waals surface area contributed by atoms with Crippen LogP contribution in [0.2, 0.25) is 10.0 Å². The fourth-order valence-electron chi connectivity index (χ4n) is 2.66. The number of rotatable bonds is 2. The number of fused-ring (bicyclic) bond motifs is 1. The number of aromatic nitrogens is 2. The zero-order chi connectivity index (χ0) is 15.7. The van der Waals surface area contributed by atoms with E-state index < -0.39 is 0 Å². The zero-order valence-corrected chi connectivity index (χ0v) is 13.6. The van der Waals surface area contributed by atoms with Gasteiger partial charge in [-0.3, -0.25) is 9.78 Å². The summed E-state index contributed by atoms with van der Waals surface area (Å²) in [6.07, 6.45) is 3.24. The smallest absolute Gasteiger partial charge is 0.308 e. The molecule has 116 valence electrons. The fraction of sp³-hybridized carbons (Fsp3) is 0.400. The Morgan fingerprint density at radius 3 is 2.50 bits per heavy atom. The second-order valence-corrected chi connectivity index (χ2v) is 6.08. The number of carbonyl (C=O) groups excluding carboxylic acids is 1. The number of hydrogen-bond donors (Lipinski definition) is 0. The average Bonchev–Trinajstić information content (AvgIpc) is 2.55. The van der Waals surface area contributed by atoms with Gasteiger partial charge in [-0.1, -0.05) is 23.2 Å². The molecule has 1 aromatic carbocycles. The van der Waals surface area contributed by atoms with Crippen molar-refractivity contribution >= 4 is 46.0 Å². The van der Waals surface area contributed by atoms with Crippen LogP contribution in [0, 0.1) is 5.92 Å². The molecule has 0 saturated carbocycles. The highest BCUT2D eigenvalue weighted by atomic mass is 35.5. The lowest BCUT2D eigenvalue weighted by Crippen LogP contribution is -2.37. The number of carbonyl (C=O) groups is 1. The van der Waals surface area contributed by atoms with E-state index in [1.807, 2.05) is 0 Å². The van der Waals surface area contributed by atoms with Gasteiger partial charge in [-0.2, -0.15) is 0 Å². The van der Waals surface area contributed by atoms with E-state index in [2.05, 4.69) is 14.9 Å². The van der Waals surface area contributed by atoms with Gasteiger partial charge in [0.1, 0.15) is 5.82 Å². The van der Waals surface area contributed by atoms with Gasteiger partial charge in [-0.05, 0) is 25.0 Å². The maximum absolute atomic E-state index is 11.6. The van der Waals surface area contributed by atoms with Crippen LogP contribution in [0.5, 0.6) is 0 Å². The Bertz CT molecular complexity index is 715. The normalized spacial score (nSPS) is 16.0. The summed E-state index contributed by atoms with van der Waals surface area (Å²) in [6.45, 7) is 1.50. The summed E-state index contributed by atoms with van der Waals surface area (Å²) in [5.41, 5.74) is 1.42. The second kappa shape index (κ2) is 6.26. The van der Waals surface area contributed by atoms with Gasteiger partial charge < -0.3 is 9.64 Å². The topological polar surface area (TPSA) is 55.3 Å². The number of benzene rings is 1. The molecule has 2 aromatic rings. The van der Waals surface area contributed by atoms with Crippen molar-refractivity contribution in [3.63, 3.8) is 0 Å².